The molecule has 2 rings (SSSR count). The van der Waals surface area contributed by atoms with Crippen molar-refractivity contribution < 1.29 is 14.3 Å². The summed E-state index contributed by atoms with van der Waals surface area (Å²) >= 11 is 0. The van der Waals surface area contributed by atoms with Crippen molar-refractivity contribution in [1.29, 1.82) is 0 Å². The van der Waals surface area contributed by atoms with Crippen molar-refractivity contribution >= 4 is 23.4 Å². The van der Waals surface area contributed by atoms with Gasteiger partial charge >= 0.3 is 6.09 Å². The van der Waals surface area contributed by atoms with Gasteiger partial charge < -0.3 is 15.4 Å². The van der Waals surface area contributed by atoms with Crippen LogP contribution < -0.4 is 16.0 Å². The second-order valence-corrected chi connectivity index (χ2v) is 5.14. The summed E-state index contributed by atoms with van der Waals surface area (Å²) in [4.78, 5) is 23.3. The summed E-state index contributed by atoms with van der Waals surface area (Å²) in [6.45, 7) is 3.52. The lowest BCUT2D eigenvalue weighted by Crippen LogP contribution is -2.35. The third-order valence-electron chi connectivity index (χ3n) is 3.49. The van der Waals surface area contributed by atoms with Gasteiger partial charge in [-0.15, -0.1) is 0 Å². The van der Waals surface area contributed by atoms with E-state index in [0.717, 1.165) is 13.0 Å². The average Bonchev–Trinajstić information content (AvgIpc) is 2.89. The number of hydrogen-bond donors (Lipinski definition) is 3. The van der Waals surface area contributed by atoms with Gasteiger partial charge in [0.15, 0.2) is 0 Å². The van der Waals surface area contributed by atoms with Crippen LogP contribution in [0.25, 0.3) is 0 Å². The highest BCUT2D eigenvalue weighted by molar-refractivity contribution is 5.95. The monoisotopic (exact) mass is 277 g/mol. The van der Waals surface area contributed by atoms with Gasteiger partial charge in [0.1, 0.15) is 0 Å². The molecule has 0 aliphatic carbocycles. The fraction of sp³-hybridized carbons (Fsp3) is 0.429. The van der Waals surface area contributed by atoms with Crippen molar-refractivity contribution in [1.82, 2.24) is 5.32 Å². The summed E-state index contributed by atoms with van der Waals surface area (Å²) in [5.74, 6) is 0.0103. The minimum Gasteiger partial charge on any atom is -0.453 e. The number of benzene rings is 1. The van der Waals surface area contributed by atoms with Gasteiger partial charge in [0.05, 0.1) is 12.5 Å². The van der Waals surface area contributed by atoms with Crippen LogP contribution in [0.15, 0.2) is 24.3 Å². The van der Waals surface area contributed by atoms with Gasteiger partial charge in [-0.2, -0.15) is 0 Å². The van der Waals surface area contributed by atoms with Crippen molar-refractivity contribution in [3.63, 3.8) is 0 Å². The van der Waals surface area contributed by atoms with E-state index in [4.69, 9.17) is 0 Å². The van der Waals surface area contributed by atoms with Crippen LogP contribution in [0.3, 0.4) is 0 Å². The van der Waals surface area contributed by atoms with Crippen molar-refractivity contribution in [3.8, 4) is 0 Å². The summed E-state index contributed by atoms with van der Waals surface area (Å²) in [5, 5.41) is 8.64. The third-order valence-corrected chi connectivity index (χ3v) is 3.49. The topological polar surface area (TPSA) is 79.5 Å². The molecule has 1 heterocycles. The molecule has 1 unspecified atom stereocenters. The standard InChI is InChI=1S/C14H19N3O3/c1-14(7-8-15-9-14)12(18)16-10-3-5-11(6-4-10)17-13(19)20-2/h3-6,15H,7-9H2,1-2H3,(H,16,18)(H,17,19). The van der Waals surface area contributed by atoms with Crippen LogP contribution in [0, 0.1) is 5.41 Å². The Kier molecular flexibility index (Phi) is 4.24. The highest BCUT2D eigenvalue weighted by atomic mass is 16.5. The van der Waals surface area contributed by atoms with Crippen molar-refractivity contribution in [2.75, 3.05) is 30.8 Å². The predicted molar refractivity (Wildman–Crippen MR) is 76.7 cm³/mol. The van der Waals surface area contributed by atoms with Crippen molar-refractivity contribution in [2.24, 2.45) is 5.41 Å². The number of carbonyl (C=O) groups excluding carboxylic acids is 2. The van der Waals surface area contributed by atoms with Gasteiger partial charge in [0, 0.05) is 17.9 Å². The molecule has 108 valence electrons. The first-order valence-electron chi connectivity index (χ1n) is 6.51. The number of ether oxygens (including phenoxy) is 1. The summed E-state index contributed by atoms with van der Waals surface area (Å²) in [6, 6.07) is 6.91. The Balaban J connectivity index is 1.96. The lowest BCUT2D eigenvalue weighted by atomic mass is 9.89. The molecule has 0 bridgehead atoms. The third kappa shape index (κ3) is 3.27. The lowest BCUT2D eigenvalue weighted by Gasteiger charge is -2.21. The molecule has 1 aliphatic heterocycles. The smallest absolute Gasteiger partial charge is 0.411 e. The zero-order chi connectivity index (χ0) is 14.6. The molecular formula is C14H19N3O3. The summed E-state index contributed by atoms with van der Waals surface area (Å²) < 4.78 is 4.50. The minimum absolute atomic E-state index is 0.0103. The molecule has 20 heavy (non-hydrogen) atoms. The van der Waals surface area contributed by atoms with Crippen molar-refractivity contribution in [2.45, 2.75) is 13.3 Å². The van der Waals surface area contributed by atoms with Gasteiger partial charge in [-0.25, -0.2) is 4.79 Å². The maximum atomic E-state index is 12.2. The molecule has 1 atom stereocenters. The Morgan fingerprint density at radius 1 is 1.20 bits per heavy atom. The van der Waals surface area contributed by atoms with E-state index in [1.807, 2.05) is 6.92 Å². The first kappa shape index (κ1) is 14.3. The number of hydrogen-bond acceptors (Lipinski definition) is 4. The van der Waals surface area contributed by atoms with E-state index in [-0.39, 0.29) is 11.3 Å². The average molecular weight is 277 g/mol. The maximum Gasteiger partial charge on any atom is 0.411 e. The van der Waals surface area contributed by atoms with Gasteiger partial charge in [-0.1, -0.05) is 0 Å². The molecule has 1 saturated heterocycles. The van der Waals surface area contributed by atoms with E-state index in [0.29, 0.717) is 17.9 Å². The second-order valence-electron chi connectivity index (χ2n) is 5.14. The number of methoxy groups -OCH3 is 1. The van der Waals surface area contributed by atoms with E-state index in [2.05, 4.69) is 20.7 Å². The molecule has 3 N–H and O–H groups in total. The zero-order valence-electron chi connectivity index (χ0n) is 11.7. The van der Waals surface area contributed by atoms with Crippen LogP contribution in [-0.4, -0.2) is 32.2 Å². The SMILES string of the molecule is COC(=O)Nc1ccc(NC(=O)C2(C)CCNC2)cc1. The number of nitrogens with one attached hydrogen (secondary N) is 3. The molecule has 1 fully saturated rings. The largest absolute Gasteiger partial charge is 0.453 e. The fourth-order valence-electron chi connectivity index (χ4n) is 2.10. The van der Waals surface area contributed by atoms with Crippen LogP contribution in [-0.2, 0) is 9.53 Å². The van der Waals surface area contributed by atoms with Crippen LogP contribution in [0.4, 0.5) is 16.2 Å². The van der Waals surface area contributed by atoms with E-state index >= 15 is 0 Å². The molecular weight excluding hydrogens is 258 g/mol. The molecule has 1 aliphatic rings. The number of carbonyl (C=O) groups is 2. The molecule has 0 aromatic heterocycles. The molecule has 1 aromatic rings. The van der Waals surface area contributed by atoms with Crippen molar-refractivity contribution in [3.05, 3.63) is 24.3 Å². The first-order valence-corrected chi connectivity index (χ1v) is 6.51. The molecule has 0 spiro atoms. The first-order chi connectivity index (χ1) is 9.53. The minimum atomic E-state index is -0.522. The molecule has 0 saturated carbocycles. The second kappa shape index (κ2) is 5.92. The number of amides is 2. The number of rotatable bonds is 3. The van der Waals surface area contributed by atoms with Gasteiger partial charge in [-0.3, -0.25) is 10.1 Å². The lowest BCUT2D eigenvalue weighted by molar-refractivity contribution is -0.123. The van der Waals surface area contributed by atoms with E-state index in [9.17, 15) is 9.59 Å². The molecule has 2 amide bonds. The van der Waals surface area contributed by atoms with Gasteiger partial charge in [0.2, 0.25) is 5.91 Å². The quantitative estimate of drug-likeness (QED) is 0.787. The Bertz CT molecular complexity index is 493. The van der Waals surface area contributed by atoms with Gasteiger partial charge in [0.25, 0.3) is 0 Å². The normalized spacial score (nSPS) is 21.3. The van der Waals surface area contributed by atoms with Crippen LogP contribution in [0.5, 0.6) is 0 Å². The number of anilines is 2. The summed E-state index contributed by atoms with van der Waals surface area (Å²) in [7, 11) is 1.31. The highest BCUT2D eigenvalue weighted by Gasteiger charge is 2.36. The zero-order valence-corrected chi connectivity index (χ0v) is 11.7. The highest BCUT2D eigenvalue weighted by Crippen LogP contribution is 2.26. The maximum absolute atomic E-state index is 12.2. The van der Waals surface area contributed by atoms with Crippen LogP contribution in [0.2, 0.25) is 0 Å². The molecule has 6 nitrogen and oxygen atoms in total. The molecule has 6 heteroatoms. The Hall–Kier alpha value is -2.08. The fourth-order valence-corrected chi connectivity index (χ4v) is 2.10. The van der Waals surface area contributed by atoms with E-state index in [1.54, 1.807) is 24.3 Å². The van der Waals surface area contributed by atoms with Gasteiger partial charge in [-0.05, 0) is 44.2 Å². The van der Waals surface area contributed by atoms with Crippen LogP contribution in [0.1, 0.15) is 13.3 Å². The predicted octanol–water partition coefficient (Wildman–Crippen LogP) is 1.80. The summed E-state index contributed by atoms with van der Waals surface area (Å²) in [5.41, 5.74) is 0.963. The Morgan fingerprint density at radius 3 is 2.30 bits per heavy atom. The Morgan fingerprint density at radius 2 is 1.80 bits per heavy atom. The Labute approximate surface area is 117 Å². The van der Waals surface area contributed by atoms with Crippen LogP contribution >= 0.6 is 0 Å². The summed E-state index contributed by atoms with van der Waals surface area (Å²) in [6.07, 6.45) is 0.312. The van der Waals surface area contributed by atoms with E-state index < -0.39 is 6.09 Å². The molecule has 0 radical (unpaired) electrons. The molecule has 1 aromatic carbocycles. The van der Waals surface area contributed by atoms with E-state index in [1.165, 1.54) is 7.11 Å².